The molecule has 0 atom stereocenters. The molecule has 39 heavy (non-hydrogen) atoms. The minimum absolute atomic E-state index is 0.153. The Kier molecular flexibility index (Phi) is 5.69. The Bertz CT molecular complexity index is 1800. The van der Waals surface area contributed by atoms with Crippen molar-refractivity contribution in [3.63, 3.8) is 0 Å². The van der Waals surface area contributed by atoms with Gasteiger partial charge in [-0.25, -0.2) is 14.4 Å². The molecule has 2 aromatic carbocycles. The average molecular weight is 521 g/mol. The van der Waals surface area contributed by atoms with Crippen LogP contribution >= 0.6 is 0 Å². The van der Waals surface area contributed by atoms with Crippen molar-refractivity contribution in [3.05, 3.63) is 72.9 Å². The molecule has 0 saturated heterocycles. The van der Waals surface area contributed by atoms with Gasteiger partial charge in [0.25, 0.3) is 0 Å². The Morgan fingerprint density at radius 2 is 1.82 bits per heavy atom. The number of halogens is 1. The molecule has 4 heterocycles. The zero-order chi connectivity index (χ0) is 26.3. The maximum atomic E-state index is 14.0. The van der Waals surface area contributed by atoms with E-state index in [-0.39, 0.29) is 11.9 Å². The standard InChI is InChI=1S/C30H25FN6O2/c31-20-10-18(11-21(38)14-20)24-8-9-33-29-27(24)34-30(35-29)28-25-13-17(6-7-26(25)36-37-28)19-12-23(16-32-15-19)39-22-4-2-1-3-5-22/h6-16,22,38H,1-5H2,(H,36,37)(H,33,34,35). The van der Waals surface area contributed by atoms with E-state index in [4.69, 9.17) is 9.72 Å². The van der Waals surface area contributed by atoms with Crippen molar-refractivity contribution in [1.29, 1.82) is 0 Å². The lowest BCUT2D eigenvalue weighted by Gasteiger charge is -2.23. The van der Waals surface area contributed by atoms with Gasteiger partial charge in [0.05, 0.1) is 17.8 Å². The van der Waals surface area contributed by atoms with E-state index in [1.54, 1.807) is 18.5 Å². The van der Waals surface area contributed by atoms with Gasteiger partial charge in [-0.1, -0.05) is 12.5 Å². The third-order valence-electron chi connectivity index (χ3n) is 7.27. The lowest BCUT2D eigenvalue weighted by molar-refractivity contribution is 0.154. The second-order valence-corrected chi connectivity index (χ2v) is 9.96. The van der Waals surface area contributed by atoms with E-state index >= 15 is 0 Å². The van der Waals surface area contributed by atoms with Crippen molar-refractivity contribution in [2.45, 2.75) is 38.2 Å². The highest BCUT2D eigenvalue weighted by Crippen LogP contribution is 2.34. The van der Waals surface area contributed by atoms with Gasteiger partial charge in [-0.05, 0) is 73.2 Å². The van der Waals surface area contributed by atoms with E-state index in [9.17, 15) is 9.50 Å². The first-order valence-corrected chi connectivity index (χ1v) is 13.1. The van der Waals surface area contributed by atoms with Gasteiger partial charge in [-0.15, -0.1) is 0 Å². The Hall–Kier alpha value is -4.79. The number of aromatic nitrogens is 6. The highest BCUT2D eigenvalue weighted by atomic mass is 19.1. The molecule has 0 aliphatic heterocycles. The zero-order valence-electron chi connectivity index (χ0n) is 21.0. The Labute approximate surface area is 222 Å². The van der Waals surface area contributed by atoms with Crippen molar-refractivity contribution in [3.8, 4) is 45.3 Å². The van der Waals surface area contributed by atoms with Gasteiger partial charge in [0.2, 0.25) is 0 Å². The van der Waals surface area contributed by atoms with Crippen LogP contribution in [0.25, 0.3) is 55.8 Å². The van der Waals surface area contributed by atoms with Crippen molar-refractivity contribution in [2.75, 3.05) is 0 Å². The number of pyridine rings is 2. The topological polar surface area (TPSA) is 113 Å². The van der Waals surface area contributed by atoms with Gasteiger partial charge in [-0.2, -0.15) is 5.10 Å². The minimum Gasteiger partial charge on any atom is -0.508 e. The largest absolute Gasteiger partial charge is 0.508 e. The molecule has 0 radical (unpaired) electrons. The van der Waals surface area contributed by atoms with Gasteiger partial charge in [0.15, 0.2) is 11.5 Å². The number of benzene rings is 2. The number of H-pyrrole nitrogens is 2. The smallest absolute Gasteiger partial charge is 0.160 e. The summed E-state index contributed by atoms with van der Waals surface area (Å²) < 4.78 is 20.2. The number of nitrogens with zero attached hydrogens (tertiary/aromatic N) is 4. The number of imidazole rings is 1. The Morgan fingerprint density at radius 3 is 2.69 bits per heavy atom. The number of aromatic hydroxyl groups is 1. The molecule has 0 bridgehead atoms. The van der Waals surface area contributed by atoms with Gasteiger partial charge >= 0.3 is 0 Å². The SMILES string of the molecule is Oc1cc(F)cc(-c2ccnc3[nH]c(-c4n[nH]c5ccc(-c6cncc(OC7CCCCC7)c6)cc45)nc23)c1. The number of ether oxygens (including phenoxy) is 1. The van der Waals surface area contributed by atoms with Gasteiger partial charge in [0.1, 0.15) is 28.5 Å². The second-order valence-electron chi connectivity index (χ2n) is 9.96. The lowest BCUT2D eigenvalue weighted by atomic mass is 9.98. The summed E-state index contributed by atoms with van der Waals surface area (Å²) >= 11 is 0. The van der Waals surface area contributed by atoms with E-state index in [0.717, 1.165) is 46.7 Å². The first-order chi connectivity index (χ1) is 19.1. The number of phenolic OH excluding ortho intramolecular Hbond substituents is 1. The maximum absolute atomic E-state index is 14.0. The number of phenols is 1. The molecule has 6 aromatic rings. The fraction of sp³-hybridized carbons (Fsp3) is 0.200. The van der Waals surface area contributed by atoms with E-state index < -0.39 is 5.82 Å². The molecular weight excluding hydrogens is 495 g/mol. The number of rotatable bonds is 5. The molecule has 0 spiro atoms. The number of fused-ring (bicyclic) bond motifs is 2. The molecule has 8 nitrogen and oxygen atoms in total. The van der Waals surface area contributed by atoms with Crippen LogP contribution in [0.5, 0.6) is 11.5 Å². The molecule has 3 N–H and O–H groups in total. The second kappa shape index (κ2) is 9.50. The minimum atomic E-state index is -0.528. The summed E-state index contributed by atoms with van der Waals surface area (Å²) in [4.78, 5) is 16.9. The molecule has 7 rings (SSSR count). The molecule has 1 aliphatic rings. The summed E-state index contributed by atoms with van der Waals surface area (Å²) in [5.74, 6) is 0.631. The fourth-order valence-electron chi connectivity index (χ4n) is 5.38. The van der Waals surface area contributed by atoms with Gasteiger partial charge in [0, 0.05) is 35.0 Å². The van der Waals surface area contributed by atoms with E-state index in [1.807, 2.05) is 24.4 Å². The van der Waals surface area contributed by atoms with Crippen LogP contribution in [0.2, 0.25) is 0 Å². The predicted octanol–water partition coefficient (Wildman–Crippen LogP) is 6.79. The maximum Gasteiger partial charge on any atom is 0.160 e. The van der Waals surface area contributed by atoms with Crippen LogP contribution in [0.1, 0.15) is 32.1 Å². The monoisotopic (exact) mass is 520 g/mol. The summed E-state index contributed by atoms with van der Waals surface area (Å²) in [7, 11) is 0. The van der Waals surface area contributed by atoms with Crippen LogP contribution in [-0.2, 0) is 0 Å². The Balaban J connectivity index is 1.26. The third-order valence-corrected chi connectivity index (χ3v) is 7.27. The van der Waals surface area contributed by atoms with Crippen LogP contribution in [-0.4, -0.2) is 41.3 Å². The van der Waals surface area contributed by atoms with Crippen LogP contribution in [0.15, 0.2) is 67.1 Å². The van der Waals surface area contributed by atoms with Crippen molar-refractivity contribution < 1.29 is 14.2 Å². The number of nitrogens with one attached hydrogen (secondary N) is 2. The molecule has 1 saturated carbocycles. The molecule has 0 amide bonds. The van der Waals surface area contributed by atoms with Crippen molar-refractivity contribution >= 4 is 22.1 Å². The van der Waals surface area contributed by atoms with E-state index in [2.05, 4.69) is 31.2 Å². The summed E-state index contributed by atoms with van der Waals surface area (Å²) in [6.07, 6.45) is 11.4. The highest BCUT2D eigenvalue weighted by molar-refractivity contribution is 5.97. The van der Waals surface area contributed by atoms with E-state index in [0.29, 0.717) is 33.8 Å². The fourth-order valence-corrected chi connectivity index (χ4v) is 5.38. The summed E-state index contributed by atoms with van der Waals surface area (Å²) in [6, 6.07) is 13.8. The Morgan fingerprint density at radius 1 is 0.923 bits per heavy atom. The molecule has 194 valence electrons. The van der Waals surface area contributed by atoms with Crippen molar-refractivity contribution in [2.24, 2.45) is 0 Å². The first-order valence-electron chi connectivity index (χ1n) is 13.1. The quantitative estimate of drug-likeness (QED) is 0.231. The molecule has 1 aliphatic carbocycles. The van der Waals surface area contributed by atoms with Crippen LogP contribution in [0, 0.1) is 5.82 Å². The lowest BCUT2D eigenvalue weighted by Crippen LogP contribution is -2.19. The summed E-state index contributed by atoms with van der Waals surface area (Å²) in [6.45, 7) is 0. The number of hydrogen-bond donors (Lipinski definition) is 3. The highest BCUT2D eigenvalue weighted by Gasteiger charge is 2.18. The summed E-state index contributed by atoms with van der Waals surface area (Å²) in [5.41, 5.74) is 5.69. The third kappa shape index (κ3) is 4.46. The predicted molar refractivity (Wildman–Crippen MR) is 147 cm³/mol. The van der Waals surface area contributed by atoms with Crippen molar-refractivity contribution in [1.82, 2.24) is 30.1 Å². The molecular formula is C30H25FN6O2. The molecule has 4 aromatic heterocycles. The van der Waals surface area contributed by atoms with E-state index in [1.165, 1.54) is 31.4 Å². The van der Waals surface area contributed by atoms with Crippen LogP contribution in [0.4, 0.5) is 4.39 Å². The summed E-state index contributed by atoms with van der Waals surface area (Å²) in [5, 5.41) is 18.4. The first kappa shape index (κ1) is 23.3. The molecule has 1 fully saturated rings. The number of aromatic amines is 2. The van der Waals surface area contributed by atoms with Gasteiger partial charge < -0.3 is 14.8 Å². The average Bonchev–Trinajstić information content (AvgIpc) is 3.57. The normalized spacial score (nSPS) is 14.3. The number of hydrogen-bond acceptors (Lipinski definition) is 6. The van der Waals surface area contributed by atoms with Gasteiger partial charge in [-0.3, -0.25) is 10.1 Å². The zero-order valence-corrected chi connectivity index (χ0v) is 21.0. The molecule has 0 unspecified atom stereocenters. The van der Waals surface area contributed by atoms with Crippen LogP contribution < -0.4 is 4.74 Å². The van der Waals surface area contributed by atoms with Crippen LogP contribution in [0.3, 0.4) is 0 Å². The molecule has 9 heteroatoms.